The number of nitrogens with zero attached hydrogens (tertiary/aromatic N) is 5. The van der Waals surface area contributed by atoms with E-state index in [0.717, 1.165) is 17.5 Å². The van der Waals surface area contributed by atoms with E-state index in [0.29, 0.717) is 31.9 Å². The lowest BCUT2D eigenvalue weighted by Gasteiger charge is -2.27. The Morgan fingerprint density at radius 2 is 1.73 bits per heavy atom. The summed E-state index contributed by atoms with van der Waals surface area (Å²) >= 11 is 0. The summed E-state index contributed by atoms with van der Waals surface area (Å²) in [5, 5.41) is 4.34. The van der Waals surface area contributed by atoms with E-state index in [2.05, 4.69) is 5.11 Å². The van der Waals surface area contributed by atoms with Crippen molar-refractivity contribution in [2.24, 2.45) is 5.11 Å². The molecule has 0 N–H and O–H groups in total. The van der Waals surface area contributed by atoms with E-state index in [9.17, 15) is 18.8 Å². The molecule has 1 aromatic rings. The van der Waals surface area contributed by atoms with Gasteiger partial charge in [-0.25, -0.2) is 9.18 Å². The third kappa shape index (κ3) is 2.83. The molecule has 9 heteroatoms. The number of amides is 3. The smallest absolute Gasteiger partial charge is 0.337 e. The van der Waals surface area contributed by atoms with E-state index >= 15 is 0 Å². The molecule has 1 atom stereocenters. The van der Waals surface area contributed by atoms with Crippen molar-refractivity contribution in [2.45, 2.75) is 19.1 Å². The van der Waals surface area contributed by atoms with Gasteiger partial charge < -0.3 is 9.80 Å². The zero-order valence-electron chi connectivity index (χ0n) is 14.2. The van der Waals surface area contributed by atoms with Gasteiger partial charge in [0.05, 0.1) is 0 Å². The minimum atomic E-state index is -0.783. The Labute approximate surface area is 149 Å². The van der Waals surface area contributed by atoms with Crippen molar-refractivity contribution >= 4 is 23.4 Å². The SMILES string of the molecule is O=C(C[N+]1=NC2N(CCN2c2ccc(F)cc2)C(=O)C1=O)N1CCCC1. The molecular weight excluding hydrogens is 341 g/mol. The third-order valence-corrected chi connectivity index (χ3v) is 4.96. The van der Waals surface area contributed by atoms with Crippen LogP contribution in [-0.2, 0) is 14.4 Å². The minimum Gasteiger partial charge on any atom is -0.337 e. The molecule has 0 radical (unpaired) electrons. The topological polar surface area (TPSA) is 76.3 Å². The quantitative estimate of drug-likeness (QED) is 0.577. The minimum absolute atomic E-state index is 0.202. The summed E-state index contributed by atoms with van der Waals surface area (Å²) in [6, 6.07) is 5.88. The van der Waals surface area contributed by atoms with Crippen LogP contribution >= 0.6 is 0 Å². The molecule has 2 fully saturated rings. The van der Waals surface area contributed by atoms with Crippen molar-refractivity contribution < 1.29 is 23.5 Å². The van der Waals surface area contributed by atoms with Crippen LogP contribution in [0.1, 0.15) is 12.8 Å². The Hall–Kier alpha value is -2.84. The number of carbonyl (C=O) groups excluding carboxylic acids is 3. The second kappa shape index (κ2) is 6.47. The van der Waals surface area contributed by atoms with Gasteiger partial charge in [0.2, 0.25) is 0 Å². The second-order valence-corrected chi connectivity index (χ2v) is 6.58. The Morgan fingerprint density at radius 3 is 2.42 bits per heavy atom. The van der Waals surface area contributed by atoms with Crippen molar-refractivity contribution in [1.82, 2.24) is 9.80 Å². The molecule has 136 valence electrons. The third-order valence-electron chi connectivity index (χ3n) is 4.96. The molecule has 0 aliphatic carbocycles. The summed E-state index contributed by atoms with van der Waals surface area (Å²) in [7, 11) is 0. The van der Waals surface area contributed by atoms with Crippen molar-refractivity contribution in [3.05, 3.63) is 30.1 Å². The molecule has 26 heavy (non-hydrogen) atoms. The maximum atomic E-state index is 13.2. The highest BCUT2D eigenvalue weighted by Crippen LogP contribution is 2.27. The molecular formula is C17H19FN5O3+. The van der Waals surface area contributed by atoms with Crippen LogP contribution in [-0.4, -0.2) is 71.2 Å². The van der Waals surface area contributed by atoms with Crippen LogP contribution in [0.25, 0.3) is 0 Å². The Balaban J connectivity index is 1.59. The van der Waals surface area contributed by atoms with E-state index in [1.54, 1.807) is 17.0 Å². The van der Waals surface area contributed by atoms with Gasteiger partial charge in [0.15, 0.2) is 0 Å². The van der Waals surface area contributed by atoms with Gasteiger partial charge in [-0.15, -0.1) is 0 Å². The Bertz CT molecular complexity index is 788. The first-order chi connectivity index (χ1) is 12.5. The van der Waals surface area contributed by atoms with Gasteiger partial charge in [0.1, 0.15) is 5.82 Å². The summed E-state index contributed by atoms with van der Waals surface area (Å²) in [5.74, 6) is -2.00. The lowest BCUT2D eigenvalue weighted by molar-refractivity contribution is -0.510. The van der Waals surface area contributed by atoms with Crippen molar-refractivity contribution in [3.8, 4) is 0 Å². The fourth-order valence-corrected chi connectivity index (χ4v) is 3.56. The van der Waals surface area contributed by atoms with Crippen molar-refractivity contribution in [2.75, 3.05) is 37.6 Å². The van der Waals surface area contributed by atoms with E-state index in [1.807, 2.05) is 4.90 Å². The van der Waals surface area contributed by atoms with Gasteiger partial charge in [0.25, 0.3) is 18.7 Å². The number of halogens is 1. The van der Waals surface area contributed by atoms with Crippen LogP contribution in [0, 0.1) is 5.82 Å². The molecule has 3 aliphatic heterocycles. The second-order valence-electron chi connectivity index (χ2n) is 6.58. The molecule has 8 nitrogen and oxygen atoms in total. The summed E-state index contributed by atoms with van der Waals surface area (Å²) in [5.41, 5.74) is 0.704. The molecule has 3 heterocycles. The number of rotatable bonds is 3. The van der Waals surface area contributed by atoms with Gasteiger partial charge in [-0.1, -0.05) is 0 Å². The predicted molar refractivity (Wildman–Crippen MR) is 87.6 cm³/mol. The van der Waals surface area contributed by atoms with E-state index in [-0.39, 0.29) is 18.3 Å². The first kappa shape index (κ1) is 16.6. The van der Waals surface area contributed by atoms with Crippen LogP contribution in [0.3, 0.4) is 0 Å². The molecule has 2 saturated heterocycles. The normalized spacial score (nSPS) is 22.7. The lowest BCUT2D eigenvalue weighted by Crippen LogP contribution is -2.53. The largest absolute Gasteiger partial charge is 0.502 e. The number of benzene rings is 1. The van der Waals surface area contributed by atoms with Crippen LogP contribution < -0.4 is 4.90 Å². The summed E-state index contributed by atoms with van der Waals surface area (Å²) < 4.78 is 14.2. The molecule has 1 unspecified atom stereocenters. The average molecular weight is 360 g/mol. The molecule has 4 rings (SSSR count). The zero-order chi connectivity index (χ0) is 18.3. The van der Waals surface area contributed by atoms with Gasteiger partial charge in [-0.2, -0.15) is 0 Å². The Morgan fingerprint density at radius 1 is 1.08 bits per heavy atom. The monoisotopic (exact) mass is 360 g/mol. The predicted octanol–water partition coefficient (Wildman–Crippen LogP) is 0.385. The maximum Gasteiger partial charge on any atom is 0.502 e. The highest BCUT2D eigenvalue weighted by Gasteiger charge is 2.50. The van der Waals surface area contributed by atoms with Crippen molar-refractivity contribution in [3.63, 3.8) is 0 Å². The molecule has 0 spiro atoms. The number of carbonyl (C=O) groups is 3. The van der Waals surface area contributed by atoms with Gasteiger partial charge in [-0.3, -0.25) is 14.5 Å². The van der Waals surface area contributed by atoms with Crippen LogP contribution in [0.2, 0.25) is 0 Å². The molecule has 3 amide bonds. The summed E-state index contributed by atoms with van der Waals surface area (Å²) in [4.78, 5) is 41.9. The number of azo groups is 2. The van der Waals surface area contributed by atoms with E-state index in [1.165, 1.54) is 17.0 Å². The molecule has 0 saturated carbocycles. The number of likely N-dealkylation sites (tertiary alicyclic amines) is 1. The fourth-order valence-electron chi connectivity index (χ4n) is 3.56. The first-order valence-corrected chi connectivity index (χ1v) is 8.68. The standard InChI is InChI=1S/C17H19FN5O3/c18-12-3-5-13(6-4-12)21-9-10-22-15(25)16(26)23(19-17(21)22)11-14(24)20-7-1-2-8-20/h3-6,17H,1-2,7-11H2/q+1. The van der Waals surface area contributed by atoms with Gasteiger partial charge in [-0.05, 0) is 41.8 Å². The zero-order valence-corrected chi connectivity index (χ0v) is 14.2. The van der Waals surface area contributed by atoms with Crippen LogP contribution in [0.15, 0.2) is 29.4 Å². The number of anilines is 1. The maximum absolute atomic E-state index is 13.2. The Kier molecular flexibility index (Phi) is 4.14. The highest BCUT2D eigenvalue weighted by molar-refractivity contribution is 6.31. The molecule has 3 aliphatic rings. The molecule has 1 aromatic carbocycles. The lowest BCUT2D eigenvalue weighted by atomic mass is 10.3. The highest BCUT2D eigenvalue weighted by atomic mass is 19.1. The van der Waals surface area contributed by atoms with Gasteiger partial charge in [0, 0.05) is 37.0 Å². The van der Waals surface area contributed by atoms with Crippen LogP contribution in [0.5, 0.6) is 0 Å². The number of fused-ring (bicyclic) bond motifs is 1. The average Bonchev–Trinajstić information content (AvgIpc) is 3.30. The fraction of sp³-hybridized carbons (Fsp3) is 0.471. The molecule has 0 aromatic heterocycles. The van der Waals surface area contributed by atoms with E-state index in [4.69, 9.17) is 0 Å². The van der Waals surface area contributed by atoms with Crippen molar-refractivity contribution in [1.29, 1.82) is 0 Å². The summed E-state index contributed by atoms with van der Waals surface area (Å²) in [6.07, 6.45) is 1.20. The number of hydrogen-bond donors (Lipinski definition) is 0. The number of hydrogen-bond acceptors (Lipinski definition) is 5. The van der Waals surface area contributed by atoms with Crippen LogP contribution in [0.4, 0.5) is 10.1 Å². The molecule has 0 bridgehead atoms. The van der Waals surface area contributed by atoms with Gasteiger partial charge >= 0.3 is 11.8 Å². The first-order valence-electron chi connectivity index (χ1n) is 8.68. The van der Waals surface area contributed by atoms with E-state index < -0.39 is 18.1 Å². The summed E-state index contributed by atoms with van der Waals surface area (Å²) in [6.45, 7) is 1.95.